The molecular formula is C20H15BrINOS. The maximum absolute atomic E-state index is 5.94. The van der Waals surface area contributed by atoms with E-state index < -0.39 is 0 Å². The summed E-state index contributed by atoms with van der Waals surface area (Å²) in [7, 11) is 2.09. The topological polar surface area (TPSA) is 17.0 Å². The van der Waals surface area contributed by atoms with E-state index in [2.05, 4.69) is 57.9 Å². The molecule has 2 heterocycles. The normalized spacial score (nSPS) is 11.1. The van der Waals surface area contributed by atoms with Crippen LogP contribution in [0.4, 0.5) is 0 Å². The molecule has 0 saturated heterocycles. The molecule has 0 bridgehead atoms. The first kappa shape index (κ1) is 18.4. The van der Waals surface area contributed by atoms with Gasteiger partial charge in [-0.2, -0.15) is 4.57 Å². The Balaban J connectivity index is 0.00000182. The highest BCUT2D eigenvalue weighted by Crippen LogP contribution is 2.26. The molecule has 4 rings (SSSR count). The van der Waals surface area contributed by atoms with E-state index in [1.165, 1.54) is 15.2 Å². The molecule has 0 radical (unpaired) electrons. The number of nitrogens with zero attached hydrogens (tertiary/aromatic N) is 1. The molecule has 0 saturated carbocycles. The van der Waals surface area contributed by atoms with Crippen LogP contribution in [-0.2, 0) is 7.05 Å². The van der Waals surface area contributed by atoms with Crippen LogP contribution in [0.2, 0.25) is 0 Å². The SMILES string of the molecule is C[n+]1c(/C=C/c2ccc(-c3ccc(Br)cc3)o2)sc2ccccc21.[I-]. The number of para-hydroxylation sites is 1. The van der Waals surface area contributed by atoms with Crippen LogP contribution in [0.1, 0.15) is 10.8 Å². The van der Waals surface area contributed by atoms with Gasteiger partial charge in [0.25, 0.3) is 5.01 Å². The van der Waals surface area contributed by atoms with Crippen LogP contribution in [-0.4, -0.2) is 0 Å². The number of rotatable bonds is 3. The van der Waals surface area contributed by atoms with E-state index in [-0.39, 0.29) is 24.0 Å². The van der Waals surface area contributed by atoms with Gasteiger partial charge in [-0.15, -0.1) is 0 Å². The highest BCUT2D eigenvalue weighted by Gasteiger charge is 2.13. The third-order valence-electron chi connectivity index (χ3n) is 3.92. The standard InChI is InChI=1S/C20H15BrNOS.HI/c1-22-17-4-2-3-5-19(17)24-20(22)13-11-16-10-12-18(23-16)14-6-8-15(21)9-7-14;/h2-13H,1H3;1H/q+1;/p-1/b13-11+;. The van der Waals surface area contributed by atoms with Crippen LogP contribution in [0.15, 0.2) is 69.6 Å². The predicted octanol–water partition coefficient (Wildman–Crippen LogP) is 2.92. The van der Waals surface area contributed by atoms with Crippen molar-refractivity contribution in [3.8, 4) is 11.3 Å². The second-order valence-corrected chi connectivity index (χ2v) is 7.49. The van der Waals surface area contributed by atoms with Gasteiger partial charge in [-0.1, -0.05) is 51.5 Å². The Morgan fingerprint density at radius 1 is 0.960 bits per heavy atom. The molecule has 0 unspecified atom stereocenters. The zero-order valence-corrected chi connectivity index (χ0v) is 18.0. The third kappa shape index (κ3) is 3.88. The fourth-order valence-electron chi connectivity index (χ4n) is 2.63. The molecule has 5 heteroatoms. The van der Waals surface area contributed by atoms with E-state index in [1.54, 1.807) is 11.3 Å². The Morgan fingerprint density at radius 2 is 1.72 bits per heavy atom. The van der Waals surface area contributed by atoms with Gasteiger partial charge in [0, 0.05) is 22.2 Å². The van der Waals surface area contributed by atoms with Gasteiger partial charge < -0.3 is 28.4 Å². The van der Waals surface area contributed by atoms with Gasteiger partial charge in [-0.25, -0.2) is 0 Å². The van der Waals surface area contributed by atoms with Crippen molar-refractivity contribution in [3.05, 3.63) is 75.9 Å². The Kier molecular flexibility index (Phi) is 5.76. The summed E-state index contributed by atoms with van der Waals surface area (Å²) in [5.41, 5.74) is 2.32. The lowest BCUT2D eigenvalue weighted by atomic mass is 10.2. The minimum atomic E-state index is 0. The number of halogens is 2. The molecule has 2 aromatic carbocycles. The molecule has 2 aromatic heterocycles. The summed E-state index contributed by atoms with van der Waals surface area (Å²) in [6.45, 7) is 0. The Bertz CT molecular complexity index is 1030. The van der Waals surface area contributed by atoms with Crippen LogP contribution in [0.25, 0.3) is 33.7 Å². The van der Waals surface area contributed by atoms with Gasteiger partial charge in [0.05, 0.1) is 0 Å². The molecule has 4 aromatic rings. The van der Waals surface area contributed by atoms with E-state index in [4.69, 9.17) is 4.42 Å². The second kappa shape index (κ2) is 7.85. The molecule has 25 heavy (non-hydrogen) atoms. The van der Waals surface area contributed by atoms with Gasteiger partial charge in [0.15, 0.2) is 0 Å². The van der Waals surface area contributed by atoms with Crippen molar-refractivity contribution in [2.75, 3.05) is 0 Å². The smallest absolute Gasteiger partial charge is 0.262 e. The number of hydrogen-bond acceptors (Lipinski definition) is 2. The van der Waals surface area contributed by atoms with Crippen molar-refractivity contribution in [1.82, 2.24) is 0 Å². The average molecular weight is 524 g/mol. The molecule has 0 atom stereocenters. The first-order chi connectivity index (χ1) is 11.7. The van der Waals surface area contributed by atoms with Crippen LogP contribution in [0, 0.1) is 0 Å². The summed E-state index contributed by atoms with van der Waals surface area (Å²) in [5, 5.41) is 1.19. The minimum absolute atomic E-state index is 0. The van der Waals surface area contributed by atoms with E-state index >= 15 is 0 Å². The lowest BCUT2D eigenvalue weighted by Crippen LogP contribution is -3.00. The molecular weight excluding hydrogens is 509 g/mol. The molecule has 2 nitrogen and oxygen atoms in total. The zero-order valence-electron chi connectivity index (χ0n) is 13.4. The zero-order chi connectivity index (χ0) is 16.5. The van der Waals surface area contributed by atoms with Crippen molar-refractivity contribution in [3.63, 3.8) is 0 Å². The lowest BCUT2D eigenvalue weighted by molar-refractivity contribution is -0.642. The first-order valence-corrected chi connectivity index (χ1v) is 9.23. The number of fused-ring (bicyclic) bond motifs is 1. The summed E-state index contributed by atoms with van der Waals surface area (Å²) in [6, 6.07) is 20.6. The number of aromatic nitrogens is 1. The van der Waals surface area contributed by atoms with Gasteiger partial charge in [0.2, 0.25) is 5.52 Å². The number of aryl methyl sites for hydroxylation is 1. The van der Waals surface area contributed by atoms with Crippen LogP contribution in [0.5, 0.6) is 0 Å². The summed E-state index contributed by atoms with van der Waals surface area (Å²) in [5.74, 6) is 1.73. The molecule has 0 aliphatic heterocycles. The number of thiazole rings is 1. The van der Waals surface area contributed by atoms with Gasteiger partial charge in [-0.05, 0) is 36.4 Å². The van der Waals surface area contributed by atoms with Gasteiger partial charge in [0.1, 0.15) is 23.3 Å². The third-order valence-corrected chi connectivity index (χ3v) is 5.63. The van der Waals surface area contributed by atoms with Gasteiger partial charge >= 0.3 is 0 Å². The Morgan fingerprint density at radius 3 is 2.48 bits per heavy atom. The maximum atomic E-state index is 5.94. The quantitative estimate of drug-likeness (QED) is 0.298. The molecule has 0 aliphatic carbocycles. The highest BCUT2D eigenvalue weighted by molar-refractivity contribution is 9.10. The predicted molar refractivity (Wildman–Crippen MR) is 104 cm³/mol. The van der Waals surface area contributed by atoms with Crippen molar-refractivity contribution >= 4 is 49.6 Å². The molecule has 0 N–H and O–H groups in total. The molecule has 0 fully saturated rings. The summed E-state index contributed by atoms with van der Waals surface area (Å²) >= 11 is 5.23. The van der Waals surface area contributed by atoms with Crippen molar-refractivity contribution in [2.24, 2.45) is 7.05 Å². The molecule has 0 spiro atoms. The summed E-state index contributed by atoms with van der Waals surface area (Å²) < 4.78 is 10.5. The minimum Gasteiger partial charge on any atom is -1.00 e. The first-order valence-electron chi connectivity index (χ1n) is 7.62. The van der Waals surface area contributed by atoms with Gasteiger partial charge in [-0.3, -0.25) is 0 Å². The maximum Gasteiger partial charge on any atom is 0.262 e. The van der Waals surface area contributed by atoms with Crippen molar-refractivity contribution in [1.29, 1.82) is 0 Å². The van der Waals surface area contributed by atoms with E-state index in [0.29, 0.717) is 0 Å². The van der Waals surface area contributed by atoms with E-state index in [0.717, 1.165) is 21.6 Å². The fourth-order valence-corrected chi connectivity index (χ4v) is 3.95. The average Bonchev–Trinajstić information content (AvgIpc) is 3.19. The number of benzene rings is 2. The number of furan rings is 1. The summed E-state index contributed by atoms with van der Waals surface area (Å²) in [4.78, 5) is 0. The van der Waals surface area contributed by atoms with Crippen LogP contribution < -0.4 is 28.5 Å². The monoisotopic (exact) mass is 523 g/mol. The van der Waals surface area contributed by atoms with Crippen LogP contribution in [0.3, 0.4) is 0 Å². The Labute approximate surface area is 176 Å². The second-order valence-electron chi connectivity index (χ2n) is 5.51. The fraction of sp³-hybridized carbons (Fsp3) is 0.0500. The van der Waals surface area contributed by atoms with E-state index in [9.17, 15) is 0 Å². The number of hydrogen-bond donors (Lipinski definition) is 0. The van der Waals surface area contributed by atoms with E-state index in [1.807, 2.05) is 42.5 Å². The largest absolute Gasteiger partial charge is 1.00 e. The highest BCUT2D eigenvalue weighted by atomic mass is 127. The summed E-state index contributed by atoms with van der Waals surface area (Å²) in [6.07, 6.45) is 4.13. The lowest BCUT2D eigenvalue weighted by Gasteiger charge is -1.96. The van der Waals surface area contributed by atoms with Crippen LogP contribution >= 0.6 is 27.3 Å². The Hall–Kier alpha value is -1.44. The molecule has 126 valence electrons. The molecule has 0 aliphatic rings. The molecule has 0 amide bonds. The van der Waals surface area contributed by atoms with Crippen molar-refractivity contribution < 1.29 is 33.0 Å². The van der Waals surface area contributed by atoms with Crippen molar-refractivity contribution in [2.45, 2.75) is 0 Å².